The van der Waals surface area contributed by atoms with Crippen molar-refractivity contribution in [3.05, 3.63) is 64.1 Å². The number of rotatable bonds is 5. The number of carbonyl (C=O) groups excluding carboxylic acids is 1. The minimum atomic E-state index is -0.561. The topological polar surface area (TPSA) is 132 Å². The third-order valence-corrected chi connectivity index (χ3v) is 3.57. The highest BCUT2D eigenvalue weighted by Crippen LogP contribution is 2.20. The van der Waals surface area contributed by atoms with E-state index in [9.17, 15) is 20.2 Å². The van der Waals surface area contributed by atoms with Crippen LogP contribution in [0.4, 0.5) is 11.5 Å². The molecule has 0 aliphatic carbocycles. The summed E-state index contributed by atoms with van der Waals surface area (Å²) in [6, 6.07) is 11.0. The van der Waals surface area contributed by atoms with Crippen LogP contribution in [-0.2, 0) is 11.3 Å². The lowest BCUT2D eigenvalue weighted by Gasteiger charge is -2.09. The first-order valence-corrected chi connectivity index (χ1v) is 7.51. The Bertz CT molecular complexity index is 1010. The molecule has 10 heteroatoms. The molecule has 0 aliphatic heterocycles. The van der Waals surface area contributed by atoms with E-state index >= 15 is 0 Å². The number of carbonyl (C=O) groups is 1. The molecular formula is C16H13N7O3. The van der Waals surface area contributed by atoms with Crippen LogP contribution in [0, 0.1) is 28.4 Å². The summed E-state index contributed by atoms with van der Waals surface area (Å²) in [6.07, 6.45) is 2.54. The molecule has 1 amide bonds. The normalized spacial score (nSPS) is 10.3. The quantitative estimate of drug-likeness (QED) is 0.550. The third kappa shape index (κ3) is 3.27. The van der Waals surface area contributed by atoms with Crippen LogP contribution in [0.2, 0.25) is 0 Å². The Labute approximate surface area is 147 Å². The van der Waals surface area contributed by atoms with Crippen molar-refractivity contribution in [1.82, 2.24) is 19.6 Å². The van der Waals surface area contributed by atoms with Crippen LogP contribution in [0.25, 0.3) is 5.69 Å². The van der Waals surface area contributed by atoms with Crippen molar-refractivity contribution >= 4 is 17.4 Å². The molecule has 0 aliphatic rings. The van der Waals surface area contributed by atoms with Gasteiger partial charge in [-0.1, -0.05) is 18.2 Å². The molecule has 26 heavy (non-hydrogen) atoms. The molecule has 0 fully saturated rings. The number of hydrogen-bond acceptors (Lipinski definition) is 6. The first-order chi connectivity index (χ1) is 12.5. The van der Waals surface area contributed by atoms with Crippen LogP contribution in [0.3, 0.4) is 0 Å². The number of benzene rings is 1. The summed E-state index contributed by atoms with van der Waals surface area (Å²) in [5.41, 5.74) is 0.930. The number of amides is 1. The number of anilines is 1. The second-order valence-corrected chi connectivity index (χ2v) is 5.37. The summed E-state index contributed by atoms with van der Waals surface area (Å²) in [4.78, 5) is 22.6. The van der Waals surface area contributed by atoms with Gasteiger partial charge in [-0.05, 0) is 19.1 Å². The maximum atomic E-state index is 12.3. The fourth-order valence-corrected chi connectivity index (χ4v) is 2.40. The maximum Gasteiger partial charge on any atom is 0.309 e. The SMILES string of the molecule is Cc1nn(CC(=O)Nc2c(C#N)cnn2-c2ccccc2)cc1[N+](=O)[O-]. The van der Waals surface area contributed by atoms with Crippen molar-refractivity contribution in [1.29, 1.82) is 5.26 Å². The van der Waals surface area contributed by atoms with Crippen LogP contribution in [-0.4, -0.2) is 30.4 Å². The summed E-state index contributed by atoms with van der Waals surface area (Å²) in [5.74, 6) is -0.265. The number of aryl methyl sites for hydroxylation is 1. The van der Waals surface area contributed by atoms with Crippen molar-refractivity contribution in [2.24, 2.45) is 0 Å². The molecule has 0 unspecified atom stereocenters. The van der Waals surface area contributed by atoms with Gasteiger partial charge in [-0.15, -0.1) is 0 Å². The van der Waals surface area contributed by atoms with Crippen LogP contribution >= 0.6 is 0 Å². The first kappa shape index (κ1) is 16.8. The number of nitrogens with zero attached hydrogens (tertiary/aromatic N) is 6. The van der Waals surface area contributed by atoms with Gasteiger partial charge in [0.1, 0.15) is 30.1 Å². The molecule has 2 aromatic heterocycles. The lowest BCUT2D eigenvalue weighted by molar-refractivity contribution is -0.385. The van der Waals surface area contributed by atoms with Gasteiger partial charge in [0.15, 0.2) is 5.82 Å². The summed E-state index contributed by atoms with van der Waals surface area (Å²) < 4.78 is 2.62. The van der Waals surface area contributed by atoms with E-state index in [-0.39, 0.29) is 29.3 Å². The predicted molar refractivity (Wildman–Crippen MR) is 90.5 cm³/mol. The van der Waals surface area contributed by atoms with Crippen LogP contribution < -0.4 is 5.32 Å². The average Bonchev–Trinajstić information content (AvgIpc) is 3.18. The first-order valence-electron chi connectivity index (χ1n) is 7.51. The Morgan fingerprint density at radius 3 is 2.73 bits per heavy atom. The lowest BCUT2D eigenvalue weighted by Crippen LogP contribution is -2.21. The van der Waals surface area contributed by atoms with Crippen molar-refractivity contribution in [2.45, 2.75) is 13.5 Å². The zero-order valence-corrected chi connectivity index (χ0v) is 13.7. The van der Waals surface area contributed by atoms with Crippen molar-refractivity contribution in [3.8, 4) is 11.8 Å². The van der Waals surface area contributed by atoms with Gasteiger partial charge in [0, 0.05) is 0 Å². The second-order valence-electron chi connectivity index (χ2n) is 5.37. The molecule has 0 saturated heterocycles. The lowest BCUT2D eigenvalue weighted by atomic mass is 10.3. The van der Waals surface area contributed by atoms with Gasteiger partial charge in [0.05, 0.1) is 16.8 Å². The Kier molecular flexibility index (Phi) is 4.44. The molecule has 3 rings (SSSR count). The number of nitro groups is 1. The van der Waals surface area contributed by atoms with Crippen molar-refractivity contribution in [2.75, 3.05) is 5.32 Å². The van der Waals surface area contributed by atoms with Crippen LogP contribution in [0.1, 0.15) is 11.3 Å². The summed E-state index contributed by atoms with van der Waals surface area (Å²) in [7, 11) is 0. The average molecular weight is 351 g/mol. The fourth-order valence-electron chi connectivity index (χ4n) is 2.40. The molecule has 10 nitrogen and oxygen atoms in total. The monoisotopic (exact) mass is 351 g/mol. The van der Waals surface area contributed by atoms with Gasteiger partial charge in [-0.25, -0.2) is 4.68 Å². The largest absolute Gasteiger partial charge is 0.309 e. The minimum Gasteiger partial charge on any atom is -0.308 e. The Morgan fingerprint density at radius 1 is 1.38 bits per heavy atom. The molecule has 0 radical (unpaired) electrons. The molecule has 1 aromatic carbocycles. The molecule has 0 saturated carbocycles. The van der Waals surface area contributed by atoms with Crippen molar-refractivity contribution in [3.63, 3.8) is 0 Å². The van der Waals surface area contributed by atoms with Gasteiger partial charge in [-0.2, -0.15) is 15.5 Å². The van der Waals surface area contributed by atoms with Crippen LogP contribution in [0.5, 0.6) is 0 Å². The zero-order valence-electron chi connectivity index (χ0n) is 13.7. The van der Waals surface area contributed by atoms with E-state index in [1.807, 2.05) is 12.1 Å². The molecular weight excluding hydrogens is 338 g/mol. The molecule has 130 valence electrons. The Morgan fingerprint density at radius 2 is 2.12 bits per heavy atom. The van der Waals surface area contributed by atoms with Gasteiger partial charge >= 0.3 is 5.69 Å². The third-order valence-electron chi connectivity index (χ3n) is 3.57. The second kappa shape index (κ2) is 6.86. The number of nitriles is 1. The maximum absolute atomic E-state index is 12.3. The van der Waals surface area contributed by atoms with E-state index in [2.05, 4.69) is 15.5 Å². The number of para-hydroxylation sites is 1. The molecule has 0 atom stereocenters. The standard InChI is InChI=1S/C16H13N7O3/c1-11-14(23(25)26)9-21(20-11)10-15(24)19-16-12(7-17)8-18-22(16)13-5-3-2-4-6-13/h2-6,8-9H,10H2,1H3,(H,19,24). The Balaban J connectivity index is 1.84. The highest BCUT2D eigenvalue weighted by molar-refractivity contribution is 5.91. The van der Waals surface area contributed by atoms with E-state index in [0.29, 0.717) is 5.69 Å². The van der Waals surface area contributed by atoms with E-state index in [1.165, 1.54) is 28.7 Å². The summed E-state index contributed by atoms with van der Waals surface area (Å²) in [6.45, 7) is 1.25. The van der Waals surface area contributed by atoms with Gasteiger partial charge in [-0.3, -0.25) is 19.6 Å². The molecule has 2 heterocycles. The zero-order chi connectivity index (χ0) is 18.7. The van der Waals surface area contributed by atoms with Crippen molar-refractivity contribution < 1.29 is 9.72 Å². The van der Waals surface area contributed by atoms with Crippen LogP contribution in [0.15, 0.2) is 42.7 Å². The number of hydrogen-bond donors (Lipinski definition) is 1. The molecule has 3 aromatic rings. The molecule has 0 spiro atoms. The van der Waals surface area contributed by atoms with E-state index in [4.69, 9.17) is 0 Å². The minimum absolute atomic E-state index is 0.162. The molecule has 0 bridgehead atoms. The van der Waals surface area contributed by atoms with E-state index < -0.39 is 10.8 Å². The highest BCUT2D eigenvalue weighted by Gasteiger charge is 2.19. The predicted octanol–water partition coefficient (Wildman–Crippen LogP) is 1.80. The highest BCUT2D eigenvalue weighted by atomic mass is 16.6. The smallest absolute Gasteiger partial charge is 0.308 e. The van der Waals surface area contributed by atoms with Gasteiger partial charge in [0.2, 0.25) is 5.91 Å². The number of nitrogens with one attached hydrogen (secondary N) is 1. The van der Waals surface area contributed by atoms with E-state index in [1.54, 1.807) is 24.3 Å². The molecule has 1 N–H and O–H groups in total. The summed E-state index contributed by atoms with van der Waals surface area (Å²) >= 11 is 0. The summed E-state index contributed by atoms with van der Waals surface area (Å²) in [5, 5.41) is 30.8. The fraction of sp³-hybridized carbons (Fsp3) is 0.125. The van der Waals surface area contributed by atoms with Gasteiger partial charge in [0.25, 0.3) is 0 Å². The number of aromatic nitrogens is 4. The van der Waals surface area contributed by atoms with Gasteiger partial charge < -0.3 is 5.32 Å². The Hall–Kier alpha value is -4.00. The van der Waals surface area contributed by atoms with E-state index in [0.717, 1.165) is 0 Å².